The van der Waals surface area contributed by atoms with Crippen LogP contribution in [-0.2, 0) is 26.0 Å². The van der Waals surface area contributed by atoms with Crippen molar-refractivity contribution in [2.24, 2.45) is 0 Å². The van der Waals surface area contributed by atoms with Crippen LogP contribution in [0.4, 0.5) is 0 Å². The Hall–Kier alpha value is -1.87. The summed E-state index contributed by atoms with van der Waals surface area (Å²) in [4.78, 5) is 15.4. The predicted octanol–water partition coefficient (Wildman–Crippen LogP) is 3.83. The Morgan fingerprint density at radius 1 is 1.30 bits per heavy atom. The van der Waals surface area contributed by atoms with Crippen molar-refractivity contribution in [2.75, 3.05) is 19.8 Å². The molecule has 1 fully saturated rings. The predicted molar refractivity (Wildman–Crippen MR) is 114 cm³/mol. The maximum Gasteiger partial charge on any atom is 0.355 e. The number of benzene rings is 1. The molecule has 2 aromatic rings. The molecule has 164 valence electrons. The average molecular weight is 455 g/mol. The molecule has 0 unspecified atom stereocenters. The van der Waals surface area contributed by atoms with Crippen LogP contribution in [0.2, 0.25) is 5.02 Å². The van der Waals surface area contributed by atoms with Crippen molar-refractivity contribution in [3.05, 3.63) is 51.8 Å². The lowest BCUT2D eigenvalue weighted by atomic mass is 10.1. The second-order valence-electron chi connectivity index (χ2n) is 7.34. The number of nitrogens with zero attached hydrogens (tertiary/aromatic N) is 1. The van der Waals surface area contributed by atoms with Gasteiger partial charge in [0.05, 0.1) is 17.6 Å². The number of carbonyl (C=O) groups is 1. The van der Waals surface area contributed by atoms with Gasteiger partial charge in [-0.25, -0.2) is 13.2 Å². The minimum absolute atomic E-state index is 0.123. The van der Waals surface area contributed by atoms with Crippen LogP contribution in [0.3, 0.4) is 0 Å². The first kappa shape index (κ1) is 22.8. The van der Waals surface area contributed by atoms with E-state index in [1.807, 2.05) is 6.92 Å². The molecule has 0 amide bonds. The fourth-order valence-corrected chi connectivity index (χ4v) is 5.19. The third-order valence-electron chi connectivity index (χ3n) is 5.29. The fraction of sp³-hybridized carbons (Fsp3) is 0.476. The van der Waals surface area contributed by atoms with E-state index in [-0.39, 0.29) is 30.7 Å². The average Bonchev–Trinajstić information content (AvgIpc) is 3.31. The van der Waals surface area contributed by atoms with Crippen molar-refractivity contribution < 1.29 is 22.7 Å². The second-order valence-corrected chi connectivity index (χ2v) is 9.71. The summed E-state index contributed by atoms with van der Waals surface area (Å²) < 4.78 is 39.1. The van der Waals surface area contributed by atoms with Gasteiger partial charge in [0.2, 0.25) is 10.0 Å². The molecule has 1 aromatic heterocycles. The van der Waals surface area contributed by atoms with Gasteiger partial charge < -0.3 is 14.5 Å². The number of aryl methyl sites for hydroxylation is 1. The molecule has 1 aliphatic heterocycles. The summed E-state index contributed by atoms with van der Waals surface area (Å²) in [5.41, 5.74) is 2.53. The van der Waals surface area contributed by atoms with E-state index in [1.165, 1.54) is 16.4 Å². The molecule has 0 radical (unpaired) electrons. The summed E-state index contributed by atoms with van der Waals surface area (Å²) in [6.45, 7) is 6.62. The zero-order valence-corrected chi connectivity index (χ0v) is 19.0. The highest BCUT2D eigenvalue weighted by Gasteiger charge is 2.31. The number of aromatic nitrogens is 1. The Morgan fingerprint density at radius 2 is 2.00 bits per heavy atom. The highest BCUT2D eigenvalue weighted by atomic mass is 35.5. The Kier molecular flexibility index (Phi) is 7.23. The van der Waals surface area contributed by atoms with E-state index in [9.17, 15) is 13.2 Å². The van der Waals surface area contributed by atoms with Crippen molar-refractivity contribution in [1.29, 1.82) is 0 Å². The molecule has 1 aromatic carbocycles. The van der Waals surface area contributed by atoms with E-state index in [0.717, 1.165) is 24.1 Å². The molecule has 7 nitrogen and oxygen atoms in total. The first-order chi connectivity index (χ1) is 14.2. The van der Waals surface area contributed by atoms with Gasteiger partial charge in [-0.1, -0.05) is 11.6 Å². The van der Waals surface area contributed by atoms with Gasteiger partial charge in [0.25, 0.3) is 0 Å². The Bertz CT molecular complexity index is 995. The molecule has 30 heavy (non-hydrogen) atoms. The monoisotopic (exact) mass is 454 g/mol. The summed E-state index contributed by atoms with van der Waals surface area (Å²) >= 11 is 5.93. The van der Waals surface area contributed by atoms with Gasteiger partial charge in [-0.3, -0.25) is 0 Å². The zero-order valence-electron chi connectivity index (χ0n) is 17.4. The van der Waals surface area contributed by atoms with Crippen LogP contribution in [0, 0.1) is 13.8 Å². The molecule has 0 bridgehead atoms. The lowest BCUT2D eigenvalue weighted by molar-refractivity contribution is 0.0519. The smallest absolute Gasteiger partial charge is 0.355 e. The number of hydrogen-bond acceptors (Lipinski definition) is 5. The summed E-state index contributed by atoms with van der Waals surface area (Å²) in [5.74, 6) is -0.449. The van der Waals surface area contributed by atoms with Crippen molar-refractivity contribution in [3.63, 3.8) is 0 Å². The number of nitrogens with one attached hydrogen (secondary N) is 1. The van der Waals surface area contributed by atoms with E-state index in [2.05, 4.69) is 4.98 Å². The van der Waals surface area contributed by atoms with Gasteiger partial charge >= 0.3 is 5.97 Å². The fourth-order valence-electron chi connectivity index (χ4n) is 3.63. The SMILES string of the molecule is CCOC(=O)c1[nH]c(C)c(CN(C[C@@H]2CCCO2)S(=O)(=O)c2ccc(Cl)cc2)c1C. The minimum atomic E-state index is -3.79. The van der Waals surface area contributed by atoms with Crippen LogP contribution < -0.4 is 0 Å². The highest BCUT2D eigenvalue weighted by Crippen LogP contribution is 2.27. The lowest BCUT2D eigenvalue weighted by Gasteiger charge is -2.25. The number of sulfonamides is 1. The Morgan fingerprint density at radius 3 is 2.60 bits per heavy atom. The topological polar surface area (TPSA) is 88.7 Å². The largest absolute Gasteiger partial charge is 0.461 e. The molecule has 0 spiro atoms. The lowest BCUT2D eigenvalue weighted by Crippen LogP contribution is -2.37. The van der Waals surface area contributed by atoms with E-state index in [0.29, 0.717) is 22.9 Å². The number of halogens is 1. The van der Waals surface area contributed by atoms with E-state index >= 15 is 0 Å². The molecule has 0 saturated carbocycles. The van der Waals surface area contributed by atoms with Crippen molar-refractivity contribution in [3.8, 4) is 0 Å². The summed E-state index contributed by atoms with van der Waals surface area (Å²) in [6.07, 6.45) is 1.57. The number of ether oxygens (including phenoxy) is 2. The number of carbonyl (C=O) groups excluding carboxylic acids is 1. The molecule has 9 heteroatoms. The summed E-state index contributed by atoms with van der Waals surface area (Å²) in [5, 5.41) is 0.469. The third kappa shape index (κ3) is 4.88. The molecule has 1 saturated heterocycles. The van der Waals surface area contributed by atoms with Gasteiger partial charge in [0.15, 0.2) is 0 Å². The standard InChI is InChI=1S/C21H27ClN2O5S/c1-4-28-21(25)20-14(2)19(15(3)23-20)13-24(12-17-6-5-11-29-17)30(26,27)18-9-7-16(22)8-10-18/h7-10,17,23H,4-6,11-13H2,1-3H3/t17-/m0/s1. The molecular weight excluding hydrogens is 428 g/mol. The Balaban J connectivity index is 1.95. The van der Waals surface area contributed by atoms with Crippen LogP contribution in [0.1, 0.15) is 47.1 Å². The molecular formula is C21H27ClN2O5S. The highest BCUT2D eigenvalue weighted by molar-refractivity contribution is 7.89. The Labute approximate surface area is 182 Å². The van der Waals surface area contributed by atoms with Gasteiger partial charge in [0.1, 0.15) is 5.69 Å². The molecule has 0 aliphatic carbocycles. The number of esters is 1. The quantitative estimate of drug-likeness (QED) is 0.612. The van der Waals surface area contributed by atoms with Gasteiger partial charge in [-0.05, 0) is 69.0 Å². The third-order valence-corrected chi connectivity index (χ3v) is 7.37. The van der Waals surface area contributed by atoms with Crippen molar-refractivity contribution >= 4 is 27.6 Å². The number of aromatic amines is 1. The van der Waals surface area contributed by atoms with Gasteiger partial charge in [-0.15, -0.1) is 0 Å². The maximum atomic E-state index is 13.4. The molecule has 1 N–H and O–H groups in total. The number of hydrogen-bond donors (Lipinski definition) is 1. The molecule has 2 heterocycles. The van der Waals surface area contributed by atoms with Crippen molar-refractivity contribution in [1.82, 2.24) is 9.29 Å². The van der Waals surface area contributed by atoms with Crippen molar-refractivity contribution in [2.45, 2.75) is 51.2 Å². The first-order valence-electron chi connectivity index (χ1n) is 9.96. The van der Waals surface area contributed by atoms with Gasteiger partial charge in [-0.2, -0.15) is 4.31 Å². The molecule has 3 rings (SSSR count). The van der Waals surface area contributed by atoms with Crippen LogP contribution >= 0.6 is 11.6 Å². The van der Waals surface area contributed by atoms with E-state index in [1.54, 1.807) is 26.0 Å². The summed E-state index contributed by atoms with van der Waals surface area (Å²) in [6, 6.07) is 6.12. The molecule has 1 atom stereocenters. The van der Waals surface area contributed by atoms with Crippen LogP contribution in [-0.4, -0.2) is 49.5 Å². The number of H-pyrrole nitrogens is 1. The van der Waals surface area contributed by atoms with Crippen LogP contribution in [0.25, 0.3) is 0 Å². The maximum absolute atomic E-state index is 13.4. The van der Waals surface area contributed by atoms with Crippen LogP contribution in [0.5, 0.6) is 0 Å². The van der Waals surface area contributed by atoms with Gasteiger partial charge in [0, 0.05) is 30.4 Å². The van der Waals surface area contributed by atoms with E-state index in [4.69, 9.17) is 21.1 Å². The molecule has 1 aliphatic rings. The summed E-state index contributed by atoms with van der Waals surface area (Å²) in [7, 11) is -3.79. The van der Waals surface area contributed by atoms with E-state index < -0.39 is 16.0 Å². The normalized spacial score (nSPS) is 16.9. The second kappa shape index (κ2) is 9.51. The minimum Gasteiger partial charge on any atom is -0.461 e. The zero-order chi connectivity index (χ0) is 21.9. The van der Waals surface area contributed by atoms with Crippen LogP contribution in [0.15, 0.2) is 29.2 Å². The first-order valence-corrected chi connectivity index (χ1v) is 11.8. The number of rotatable bonds is 8.